The Balaban J connectivity index is 2.95. The summed E-state index contributed by atoms with van der Waals surface area (Å²) in [6.07, 6.45) is 0. The molecular formula is C9H7ClN2O3S. The van der Waals surface area contributed by atoms with Crippen LogP contribution in [0.4, 0.5) is 0 Å². The maximum absolute atomic E-state index is 11.4. The van der Waals surface area contributed by atoms with E-state index in [0.717, 1.165) is 4.57 Å². The molecule has 84 valence electrons. The van der Waals surface area contributed by atoms with Crippen molar-refractivity contribution in [2.75, 3.05) is 0 Å². The number of carbonyl (C=O) groups excluding carboxylic acids is 1. The lowest BCUT2D eigenvalue weighted by Crippen LogP contribution is -2.11. The molecule has 7 heteroatoms. The van der Waals surface area contributed by atoms with Gasteiger partial charge in [-0.1, -0.05) is 12.1 Å². The molecule has 16 heavy (non-hydrogen) atoms. The van der Waals surface area contributed by atoms with Crippen molar-refractivity contribution in [1.82, 2.24) is 9.55 Å². The van der Waals surface area contributed by atoms with Crippen LogP contribution in [0.25, 0.3) is 11.0 Å². The quantitative estimate of drug-likeness (QED) is 0.729. The Kier molecular flexibility index (Phi) is 2.47. The highest BCUT2D eigenvalue weighted by Gasteiger charge is 2.23. The predicted molar refractivity (Wildman–Crippen MR) is 59.1 cm³/mol. The minimum atomic E-state index is -4.04. The van der Waals surface area contributed by atoms with Gasteiger partial charge in [0.15, 0.2) is 0 Å². The van der Waals surface area contributed by atoms with Gasteiger partial charge in [0.1, 0.15) is 0 Å². The zero-order valence-electron chi connectivity index (χ0n) is 8.21. The summed E-state index contributed by atoms with van der Waals surface area (Å²) in [5, 5.41) is -0.442. The first-order valence-corrected chi connectivity index (χ1v) is 6.65. The van der Waals surface area contributed by atoms with Crippen LogP contribution in [-0.4, -0.2) is 23.9 Å². The number of para-hydroxylation sites is 2. The highest BCUT2D eigenvalue weighted by Crippen LogP contribution is 2.21. The van der Waals surface area contributed by atoms with Crippen LogP contribution in [-0.2, 0) is 9.05 Å². The SMILES string of the molecule is CC(=O)n1c(S(=O)(=O)Cl)nc2ccccc21. The molecular weight excluding hydrogens is 252 g/mol. The Labute approximate surface area is 96.1 Å². The average molecular weight is 259 g/mol. The summed E-state index contributed by atoms with van der Waals surface area (Å²) >= 11 is 0. The first-order valence-electron chi connectivity index (χ1n) is 4.34. The van der Waals surface area contributed by atoms with Gasteiger partial charge in [0.05, 0.1) is 11.0 Å². The highest BCUT2D eigenvalue weighted by molar-refractivity contribution is 8.13. The normalized spacial score (nSPS) is 11.9. The molecule has 0 atom stereocenters. The number of aromatic nitrogens is 2. The van der Waals surface area contributed by atoms with Crippen LogP contribution >= 0.6 is 10.7 Å². The fourth-order valence-corrected chi connectivity index (χ4v) is 2.43. The summed E-state index contributed by atoms with van der Waals surface area (Å²) in [7, 11) is 1.18. The van der Waals surface area contributed by atoms with Crippen LogP contribution in [0.2, 0.25) is 0 Å². The largest absolute Gasteiger partial charge is 0.295 e. The van der Waals surface area contributed by atoms with Gasteiger partial charge < -0.3 is 0 Å². The number of fused-ring (bicyclic) bond motifs is 1. The van der Waals surface area contributed by atoms with Gasteiger partial charge in [-0.2, -0.15) is 0 Å². The number of carbonyl (C=O) groups is 1. The van der Waals surface area contributed by atoms with Gasteiger partial charge in [0.25, 0.3) is 14.2 Å². The Morgan fingerprint density at radius 3 is 2.56 bits per heavy atom. The third-order valence-corrected chi connectivity index (χ3v) is 3.19. The fraction of sp³-hybridized carbons (Fsp3) is 0.111. The van der Waals surface area contributed by atoms with Gasteiger partial charge in [-0.05, 0) is 12.1 Å². The minimum Gasteiger partial charge on any atom is -0.274 e. The fourth-order valence-electron chi connectivity index (χ4n) is 1.47. The molecule has 0 unspecified atom stereocenters. The number of hydrogen-bond acceptors (Lipinski definition) is 4. The number of imidazole rings is 1. The van der Waals surface area contributed by atoms with Gasteiger partial charge >= 0.3 is 0 Å². The van der Waals surface area contributed by atoms with E-state index in [9.17, 15) is 13.2 Å². The summed E-state index contributed by atoms with van der Waals surface area (Å²) in [5.74, 6) is -0.451. The maximum Gasteiger partial charge on any atom is 0.295 e. The molecule has 0 aliphatic heterocycles. The van der Waals surface area contributed by atoms with Crippen molar-refractivity contribution in [1.29, 1.82) is 0 Å². The first-order chi connectivity index (χ1) is 7.41. The molecule has 0 saturated heterocycles. The lowest BCUT2D eigenvalue weighted by Gasteiger charge is -2.00. The van der Waals surface area contributed by atoms with E-state index in [1.165, 1.54) is 6.92 Å². The van der Waals surface area contributed by atoms with Crippen molar-refractivity contribution in [2.24, 2.45) is 0 Å². The number of halogens is 1. The lowest BCUT2D eigenvalue weighted by molar-refractivity contribution is 0.0930. The maximum atomic E-state index is 11.4. The molecule has 1 heterocycles. The van der Waals surface area contributed by atoms with E-state index in [0.29, 0.717) is 11.0 Å². The molecule has 0 saturated carbocycles. The van der Waals surface area contributed by atoms with Crippen LogP contribution < -0.4 is 0 Å². The standard InChI is InChI=1S/C9H7ClN2O3S/c1-6(13)12-8-5-3-2-4-7(8)11-9(12)16(10,14)15/h2-5H,1H3. The molecule has 2 aromatic rings. The van der Waals surface area contributed by atoms with Gasteiger partial charge in [-0.25, -0.2) is 13.4 Å². The minimum absolute atomic E-state index is 0.414. The average Bonchev–Trinajstić information content (AvgIpc) is 2.55. The van der Waals surface area contributed by atoms with Crippen LogP contribution in [0, 0.1) is 0 Å². The summed E-state index contributed by atoms with van der Waals surface area (Å²) < 4.78 is 23.5. The van der Waals surface area contributed by atoms with E-state index in [2.05, 4.69) is 4.98 Å². The Hall–Kier alpha value is -1.40. The van der Waals surface area contributed by atoms with Crippen molar-refractivity contribution in [2.45, 2.75) is 12.1 Å². The third kappa shape index (κ3) is 1.70. The Bertz CT molecular complexity index is 675. The monoisotopic (exact) mass is 258 g/mol. The van der Waals surface area contributed by atoms with Crippen LogP contribution in [0.3, 0.4) is 0 Å². The number of hydrogen-bond donors (Lipinski definition) is 0. The Morgan fingerprint density at radius 2 is 2.00 bits per heavy atom. The topological polar surface area (TPSA) is 69.0 Å². The van der Waals surface area contributed by atoms with Crippen molar-refractivity contribution < 1.29 is 13.2 Å². The molecule has 2 rings (SSSR count). The van der Waals surface area contributed by atoms with Crippen LogP contribution in [0.5, 0.6) is 0 Å². The highest BCUT2D eigenvalue weighted by atomic mass is 35.7. The van der Waals surface area contributed by atoms with E-state index in [1.54, 1.807) is 24.3 Å². The molecule has 5 nitrogen and oxygen atoms in total. The van der Waals surface area contributed by atoms with E-state index >= 15 is 0 Å². The zero-order chi connectivity index (χ0) is 11.9. The molecule has 0 fully saturated rings. The Morgan fingerprint density at radius 1 is 1.38 bits per heavy atom. The second-order valence-corrected chi connectivity index (χ2v) is 5.64. The van der Waals surface area contributed by atoms with Gasteiger partial charge in [0.2, 0.25) is 5.91 Å². The van der Waals surface area contributed by atoms with E-state index in [4.69, 9.17) is 10.7 Å². The molecule has 0 amide bonds. The molecule has 0 spiro atoms. The van der Waals surface area contributed by atoms with Crippen molar-refractivity contribution >= 4 is 36.7 Å². The van der Waals surface area contributed by atoms with Crippen LogP contribution in [0.15, 0.2) is 29.4 Å². The van der Waals surface area contributed by atoms with Gasteiger partial charge in [-0.15, -0.1) is 0 Å². The van der Waals surface area contributed by atoms with E-state index in [1.807, 2.05) is 0 Å². The molecule has 0 bridgehead atoms. The van der Waals surface area contributed by atoms with E-state index < -0.39 is 20.1 Å². The molecule has 0 aliphatic rings. The number of nitrogens with zero attached hydrogens (tertiary/aromatic N) is 2. The number of benzene rings is 1. The van der Waals surface area contributed by atoms with Crippen molar-refractivity contribution in [3.8, 4) is 0 Å². The summed E-state index contributed by atoms with van der Waals surface area (Å²) in [6.45, 7) is 1.25. The second-order valence-electron chi connectivity index (χ2n) is 3.18. The molecule has 0 N–H and O–H groups in total. The second kappa shape index (κ2) is 3.57. The molecule has 1 aromatic heterocycles. The zero-order valence-corrected chi connectivity index (χ0v) is 9.79. The predicted octanol–water partition coefficient (Wildman–Crippen LogP) is 1.62. The van der Waals surface area contributed by atoms with Crippen molar-refractivity contribution in [3.63, 3.8) is 0 Å². The van der Waals surface area contributed by atoms with Gasteiger partial charge in [-0.3, -0.25) is 9.36 Å². The van der Waals surface area contributed by atoms with Crippen molar-refractivity contribution in [3.05, 3.63) is 24.3 Å². The molecule has 0 radical (unpaired) electrons. The summed E-state index contributed by atoms with van der Waals surface area (Å²) in [6, 6.07) is 6.61. The van der Waals surface area contributed by atoms with E-state index in [-0.39, 0.29) is 0 Å². The lowest BCUT2D eigenvalue weighted by atomic mass is 10.3. The molecule has 1 aromatic carbocycles. The molecule has 0 aliphatic carbocycles. The first kappa shape index (κ1) is 11.1. The van der Waals surface area contributed by atoms with Crippen LogP contribution in [0.1, 0.15) is 11.7 Å². The van der Waals surface area contributed by atoms with Gasteiger partial charge in [0, 0.05) is 17.6 Å². The third-order valence-electron chi connectivity index (χ3n) is 2.06. The smallest absolute Gasteiger partial charge is 0.274 e. The summed E-state index contributed by atoms with van der Waals surface area (Å²) in [5.41, 5.74) is 0.839. The number of rotatable bonds is 1. The summed E-state index contributed by atoms with van der Waals surface area (Å²) in [4.78, 5) is 15.2.